The maximum atomic E-state index is 8.78. The Hall–Kier alpha value is -0.480. The van der Waals surface area contributed by atoms with Crippen molar-refractivity contribution in [2.24, 2.45) is 0 Å². The number of rotatable bonds is 0. The van der Waals surface area contributed by atoms with E-state index in [0.717, 1.165) is 0 Å². The second-order valence-electron chi connectivity index (χ2n) is 0.683. The molecule has 0 spiro atoms. The van der Waals surface area contributed by atoms with Crippen LogP contribution in [0.15, 0.2) is 0 Å². The molecule has 0 aromatic rings. The van der Waals surface area contributed by atoms with Crippen LogP contribution in [0.4, 0.5) is 9.59 Å². The second kappa shape index (κ2) is 46.9. The van der Waals surface area contributed by atoms with Gasteiger partial charge in [-0.3, -0.25) is 10.5 Å². The van der Waals surface area contributed by atoms with E-state index in [1.807, 2.05) is 0 Å². The first-order valence-corrected chi connectivity index (χ1v) is 1.59. The van der Waals surface area contributed by atoms with Crippen molar-refractivity contribution in [1.29, 1.82) is 0 Å². The van der Waals surface area contributed by atoms with Crippen molar-refractivity contribution in [2.75, 3.05) is 0 Å². The van der Waals surface area contributed by atoms with Crippen LogP contribution in [0.3, 0.4) is 0 Å². The van der Waals surface area contributed by atoms with Crippen molar-refractivity contribution in [3.8, 4) is 0 Å². The van der Waals surface area contributed by atoms with Crippen LogP contribution in [0.2, 0.25) is 0 Å². The first-order chi connectivity index (χ1) is 4.54. The summed E-state index contributed by atoms with van der Waals surface area (Å²) in [6.07, 6.45) is -3.88. The molecule has 0 bridgehead atoms. The van der Waals surface area contributed by atoms with Crippen LogP contribution < -0.4 is 10.2 Å². The van der Waals surface area contributed by atoms with Crippen LogP contribution in [0, 0.1) is 0 Å². The molecule has 0 aliphatic rings. The molecule has 0 saturated heterocycles. The van der Waals surface area contributed by atoms with Crippen molar-refractivity contribution < 1.29 is 67.5 Å². The zero-order chi connectivity index (χ0) is 8.57. The Morgan fingerprint density at radius 2 is 0.812 bits per heavy atom. The quantitative estimate of drug-likeness (QED) is 0.243. The molecule has 0 amide bonds. The summed E-state index contributed by atoms with van der Waals surface area (Å²) in [7, 11) is 0. The van der Waals surface area contributed by atoms with Gasteiger partial charge < -0.3 is 57.0 Å². The monoisotopic (exact) mass is 284 g/mol. The van der Waals surface area contributed by atoms with Gasteiger partial charge in [-0.25, -0.2) is 0 Å². The molecule has 0 aliphatic carbocycles. The summed E-state index contributed by atoms with van der Waals surface area (Å²) in [6, 6.07) is 0. The van der Waals surface area contributed by atoms with Crippen LogP contribution in [0.1, 0.15) is 0 Å². The first kappa shape index (κ1) is 57.9. The van der Waals surface area contributed by atoms with Crippen molar-refractivity contribution >= 4 is 50.0 Å². The third kappa shape index (κ3) is 171. The van der Waals surface area contributed by atoms with Gasteiger partial charge in [-0.1, -0.05) is 0 Å². The van der Waals surface area contributed by atoms with Gasteiger partial charge in [0.2, 0.25) is 0 Å². The van der Waals surface area contributed by atoms with Gasteiger partial charge in [0, 0.05) is 0 Å². The fraction of sp³-hybridized carbons (Fsp3) is 0. The minimum absolute atomic E-state index is 0. The summed E-state index contributed by atoms with van der Waals surface area (Å²) in [4.78, 5) is 22.7. The zero-order valence-electron chi connectivity index (χ0n) is 7.55. The summed E-state index contributed by atoms with van der Waals surface area (Å²) >= 11 is 0. The minimum Gasteiger partial charge on any atom is -0.424 e. The Morgan fingerprint density at radius 1 is 0.750 bits per heavy atom. The molecule has 16 heavy (non-hydrogen) atoms. The van der Waals surface area contributed by atoms with Crippen LogP contribution in [0.25, 0.3) is 0 Å². The third-order valence-corrected chi connectivity index (χ3v) is 0.149. The van der Waals surface area contributed by atoms with Gasteiger partial charge in [0.1, 0.15) is 0 Å². The third-order valence-electron chi connectivity index (χ3n) is 0.149. The maximum absolute atomic E-state index is 8.78. The molecule has 0 radical (unpaired) electrons. The Morgan fingerprint density at radius 3 is 0.812 bits per heavy atom. The average molecular weight is 284 g/mol. The van der Waals surface area contributed by atoms with Crippen LogP contribution in [0.5, 0.6) is 0 Å². The Labute approximate surface area is 117 Å². The standard InChI is InChI=1S/2CH2O4.Ca.5H2O/c2*2-1(3)5-4;;;;;;/h2*4H,(H,2,3);;5*1H2/q;;+2;;;;;/p-2. The summed E-state index contributed by atoms with van der Waals surface area (Å²) in [5.74, 6) is 0. The molecule has 14 heteroatoms. The molecule has 0 heterocycles. The van der Waals surface area contributed by atoms with E-state index < -0.39 is 12.3 Å². The number of hydrogen-bond acceptors (Lipinski definition) is 8. The molecule has 100 valence electrons. The van der Waals surface area contributed by atoms with Crippen molar-refractivity contribution in [1.82, 2.24) is 0 Å². The molecule has 0 aromatic heterocycles. The van der Waals surface area contributed by atoms with Gasteiger partial charge in [0.15, 0.2) is 0 Å². The normalized spacial score (nSPS) is 4.12. The predicted octanol–water partition coefficient (Wildman–Crippen LogP) is -6.87. The van der Waals surface area contributed by atoms with E-state index in [9.17, 15) is 0 Å². The first-order valence-electron chi connectivity index (χ1n) is 1.59. The fourth-order valence-electron chi connectivity index (χ4n) is 0. The molecule has 0 aromatic carbocycles. The smallest absolute Gasteiger partial charge is 0.424 e. The van der Waals surface area contributed by atoms with E-state index in [1.54, 1.807) is 0 Å². The number of hydrogen-bond donors (Lipinski definition) is 2. The van der Waals surface area contributed by atoms with Gasteiger partial charge in [0.05, 0.1) is 0 Å². The molecule has 0 aliphatic heterocycles. The predicted molar refractivity (Wildman–Crippen MR) is 42.0 cm³/mol. The van der Waals surface area contributed by atoms with Gasteiger partial charge in [-0.2, -0.15) is 0 Å². The number of carbonyl (C=O) groups excluding carboxylic acids is 2. The fourth-order valence-corrected chi connectivity index (χ4v) is 0. The zero-order valence-corrected chi connectivity index (χ0v) is 9.76. The summed E-state index contributed by atoms with van der Waals surface area (Å²) in [5.41, 5.74) is 0. The molecule has 13 nitrogen and oxygen atoms in total. The summed E-state index contributed by atoms with van der Waals surface area (Å²) in [5, 5.41) is 31.5. The Kier molecular flexibility index (Phi) is 170. The molecular formula is C2H12CaO13. The molecule has 0 saturated carbocycles. The van der Waals surface area contributed by atoms with E-state index >= 15 is 0 Å². The minimum atomic E-state index is -1.94. The van der Waals surface area contributed by atoms with E-state index in [1.165, 1.54) is 0 Å². The molecule has 12 N–H and O–H groups in total. The SMILES string of the molecule is O.O.O.O.O.O=C([O-])OO.O=C([O-])OO.[Ca+2]. The largest absolute Gasteiger partial charge is 2.00 e. The van der Waals surface area contributed by atoms with Crippen molar-refractivity contribution in [2.45, 2.75) is 0 Å². The summed E-state index contributed by atoms with van der Waals surface area (Å²) in [6.45, 7) is 0. The van der Waals surface area contributed by atoms with Gasteiger partial charge >= 0.3 is 37.7 Å². The van der Waals surface area contributed by atoms with E-state index in [-0.39, 0.29) is 65.1 Å². The van der Waals surface area contributed by atoms with Crippen molar-refractivity contribution in [3.63, 3.8) is 0 Å². The van der Waals surface area contributed by atoms with E-state index in [0.29, 0.717) is 0 Å². The van der Waals surface area contributed by atoms with Crippen LogP contribution >= 0.6 is 0 Å². The summed E-state index contributed by atoms with van der Waals surface area (Å²) < 4.78 is 0. The van der Waals surface area contributed by atoms with Gasteiger partial charge in [-0.15, -0.1) is 0 Å². The molecule has 0 rings (SSSR count). The number of carboxylic acid groups (broad SMARTS) is 2. The Bertz CT molecular complexity index is 98.5. The molecule has 0 fully saturated rings. The van der Waals surface area contributed by atoms with Crippen molar-refractivity contribution in [3.05, 3.63) is 0 Å². The molecule has 0 unspecified atom stereocenters. The second-order valence-corrected chi connectivity index (χ2v) is 0.683. The van der Waals surface area contributed by atoms with Crippen LogP contribution in [-0.4, -0.2) is 87.9 Å². The van der Waals surface area contributed by atoms with Gasteiger partial charge in [-0.05, 0) is 0 Å². The molecular weight excluding hydrogens is 272 g/mol. The van der Waals surface area contributed by atoms with E-state index in [2.05, 4.69) is 9.78 Å². The Balaban J connectivity index is -0.00000000970. The maximum Gasteiger partial charge on any atom is 2.00 e. The number of carbonyl (C=O) groups is 2. The molecule has 0 atom stereocenters. The topological polar surface area (TPSA) is 297 Å². The van der Waals surface area contributed by atoms with Gasteiger partial charge in [0.25, 0.3) is 12.3 Å². The average Bonchev–Trinajstić information content (AvgIpc) is 1.89. The van der Waals surface area contributed by atoms with E-state index in [4.69, 9.17) is 30.3 Å². The van der Waals surface area contributed by atoms with Crippen LogP contribution in [-0.2, 0) is 9.78 Å².